The highest BCUT2D eigenvalue weighted by Gasteiger charge is 2.26. The van der Waals surface area contributed by atoms with Gasteiger partial charge in [-0.2, -0.15) is 0 Å². The van der Waals surface area contributed by atoms with Gasteiger partial charge in [0.25, 0.3) is 0 Å². The van der Waals surface area contributed by atoms with Crippen LogP contribution >= 0.6 is 0 Å². The molecular formula is C8H14N2O2. The van der Waals surface area contributed by atoms with E-state index in [1.807, 2.05) is 6.92 Å². The predicted molar refractivity (Wildman–Crippen MR) is 44.6 cm³/mol. The van der Waals surface area contributed by atoms with Crippen LogP contribution in [0.4, 0.5) is 4.79 Å². The Kier molecular flexibility index (Phi) is 3.08. The molecular weight excluding hydrogens is 156 g/mol. The number of hydrogen-bond donors (Lipinski definition) is 2. The highest BCUT2D eigenvalue weighted by Crippen LogP contribution is 2.25. The van der Waals surface area contributed by atoms with Crippen molar-refractivity contribution in [2.45, 2.75) is 26.2 Å². The summed E-state index contributed by atoms with van der Waals surface area (Å²) < 4.78 is 0. The van der Waals surface area contributed by atoms with Gasteiger partial charge in [-0.25, -0.2) is 4.79 Å². The quantitative estimate of drug-likeness (QED) is 0.638. The number of rotatable bonds is 2. The second-order valence-corrected chi connectivity index (χ2v) is 2.98. The van der Waals surface area contributed by atoms with E-state index < -0.39 is 0 Å². The molecule has 0 heterocycles. The van der Waals surface area contributed by atoms with E-state index >= 15 is 0 Å². The molecule has 4 nitrogen and oxygen atoms in total. The number of carbonyl (C=O) groups is 2. The maximum atomic E-state index is 11.1. The van der Waals surface area contributed by atoms with Crippen molar-refractivity contribution in [2.75, 3.05) is 6.54 Å². The summed E-state index contributed by atoms with van der Waals surface area (Å²) in [6.45, 7) is 2.36. The number of carbonyl (C=O) groups excluding carboxylic acids is 2. The van der Waals surface area contributed by atoms with E-state index in [-0.39, 0.29) is 17.9 Å². The fraction of sp³-hybridized carbons (Fsp3) is 0.750. The van der Waals surface area contributed by atoms with Gasteiger partial charge < -0.3 is 5.32 Å². The van der Waals surface area contributed by atoms with Crippen LogP contribution < -0.4 is 10.6 Å². The standard InChI is InChI=1S/C8H14N2O2/c1-2-9-8(12)10-7(11)6-4-3-5-6/h6H,2-5H2,1H3,(H2,9,10,11,12). The van der Waals surface area contributed by atoms with Crippen molar-refractivity contribution < 1.29 is 9.59 Å². The lowest BCUT2D eigenvalue weighted by molar-refractivity contribution is -0.126. The molecule has 0 saturated heterocycles. The van der Waals surface area contributed by atoms with Crippen LogP contribution in [0.3, 0.4) is 0 Å². The molecule has 1 aliphatic carbocycles. The van der Waals surface area contributed by atoms with Crippen LogP contribution in [0, 0.1) is 5.92 Å². The first kappa shape index (κ1) is 9.03. The fourth-order valence-electron chi connectivity index (χ4n) is 1.09. The van der Waals surface area contributed by atoms with Crippen LogP contribution in [0.1, 0.15) is 26.2 Å². The van der Waals surface area contributed by atoms with Crippen molar-refractivity contribution in [3.05, 3.63) is 0 Å². The normalized spacial score (nSPS) is 16.4. The molecule has 0 atom stereocenters. The van der Waals surface area contributed by atoms with Crippen molar-refractivity contribution in [1.29, 1.82) is 0 Å². The first-order valence-electron chi connectivity index (χ1n) is 4.32. The van der Waals surface area contributed by atoms with Crippen LogP contribution in [0.25, 0.3) is 0 Å². The van der Waals surface area contributed by atoms with Gasteiger partial charge in [0.05, 0.1) is 0 Å². The van der Waals surface area contributed by atoms with Crippen LogP contribution in [-0.4, -0.2) is 18.5 Å². The van der Waals surface area contributed by atoms with Crippen molar-refractivity contribution in [1.82, 2.24) is 10.6 Å². The number of nitrogens with one attached hydrogen (secondary N) is 2. The summed E-state index contributed by atoms with van der Waals surface area (Å²) in [6.07, 6.45) is 2.95. The average Bonchev–Trinajstić information content (AvgIpc) is 1.82. The lowest BCUT2D eigenvalue weighted by Crippen LogP contribution is -2.43. The topological polar surface area (TPSA) is 58.2 Å². The Morgan fingerprint density at radius 1 is 1.42 bits per heavy atom. The Morgan fingerprint density at radius 2 is 2.08 bits per heavy atom. The van der Waals surface area contributed by atoms with Crippen LogP contribution in [-0.2, 0) is 4.79 Å². The summed E-state index contributed by atoms with van der Waals surface area (Å²) in [7, 11) is 0. The molecule has 0 unspecified atom stereocenters. The largest absolute Gasteiger partial charge is 0.338 e. The summed E-state index contributed by atoms with van der Waals surface area (Å²) >= 11 is 0. The smallest absolute Gasteiger partial charge is 0.321 e. The van der Waals surface area contributed by atoms with Crippen molar-refractivity contribution in [2.24, 2.45) is 5.92 Å². The third-order valence-electron chi connectivity index (χ3n) is 2.05. The maximum absolute atomic E-state index is 11.1. The molecule has 3 amide bonds. The Balaban J connectivity index is 2.20. The Morgan fingerprint density at radius 3 is 2.50 bits per heavy atom. The van der Waals surface area contributed by atoms with E-state index in [2.05, 4.69) is 10.6 Å². The van der Waals surface area contributed by atoms with Gasteiger partial charge in [0, 0.05) is 12.5 Å². The molecule has 0 bridgehead atoms. The SMILES string of the molecule is CCNC(=O)NC(=O)C1CCC1. The third-order valence-corrected chi connectivity index (χ3v) is 2.05. The third kappa shape index (κ3) is 2.22. The highest BCUT2D eigenvalue weighted by atomic mass is 16.2. The second kappa shape index (κ2) is 4.09. The Labute approximate surface area is 71.7 Å². The zero-order valence-corrected chi connectivity index (χ0v) is 7.22. The van der Waals surface area contributed by atoms with E-state index in [1.54, 1.807) is 0 Å². The van der Waals surface area contributed by atoms with Crippen LogP contribution in [0.2, 0.25) is 0 Å². The summed E-state index contributed by atoms with van der Waals surface area (Å²) in [4.78, 5) is 22.0. The second-order valence-electron chi connectivity index (χ2n) is 2.98. The van der Waals surface area contributed by atoms with Gasteiger partial charge in [0.15, 0.2) is 0 Å². The highest BCUT2D eigenvalue weighted by molar-refractivity contribution is 5.95. The molecule has 1 rings (SSSR count). The van der Waals surface area contributed by atoms with Gasteiger partial charge in [-0.3, -0.25) is 10.1 Å². The molecule has 68 valence electrons. The summed E-state index contributed by atoms with van der Waals surface area (Å²) in [5.74, 6) is -0.0557. The van der Waals surface area contributed by atoms with E-state index in [9.17, 15) is 9.59 Å². The van der Waals surface area contributed by atoms with Crippen molar-refractivity contribution in [3.63, 3.8) is 0 Å². The molecule has 0 radical (unpaired) electrons. The maximum Gasteiger partial charge on any atom is 0.321 e. The predicted octanol–water partition coefficient (Wildman–Crippen LogP) is 0.632. The number of urea groups is 1. The van der Waals surface area contributed by atoms with Crippen LogP contribution in [0.15, 0.2) is 0 Å². The average molecular weight is 170 g/mol. The molecule has 4 heteroatoms. The van der Waals surface area contributed by atoms with Crippen molar-refractivity contribution in [3.8, 4) is 0 Å². The van der Waals surface area contributed by atoms with E-state index in [1.165, 1.54) is 0 Å². The van der Waals surface area contributed by atoms with Gasteiger partial charge in [-0.05, 0) is 19.8 Å². The molecule has 0 spiro atoms. The minimum atomic E-state index is -0.380. The van der Waals surface area contributed by atoms with Gasteiger partial charge >= 0.3 is 6.03 Å². The first-order chi connectivity index (χ1) is 5.74. The lowest BCUT2D eigenvalue weighted by atomic mass is 9.85. The molecule has 0 aromatic rings. The summed E-state index contributed by atoms with van der Waals surface area (Å²) in [5, 5.41) is 4.80. The first-order valence-corrected chi connectivity index (χ1v) is 4.32. The molecule has 0 aromatic heterocycles. The molecule has 0 aromatic carbocycles. The van der Waals surface area contributed by atoms with Gasteiger partial charge in [-0.1, -0.05) is 6.42 Å². The Hall–Kier alpha value is -1.06. The fourth-order valence-corrected chi connectivity index (χ4v) is 1.09. The van der Waals surface area contributed by atoms with Crippen molar-refractivity contribution >= 4 is 11.9 Å². The lowest BCUT2D eigenvalue weighted by Gasteiger charge is -2.23. The zero-order valence-electron chi connectivity index (χ0n) is 7.22. The van der Waals surface area contributed by atoms with Gasteiger partial charge in [0.1, 0.15) is 0 Å². The zero-order chi connectivity index (χ0) is 8.97. The Bertz CT molecular complexity index is 187. The van der Waals surface area contributed by atoms with E-state index in [0.29, 0.717) is 6.54 Å². The number of amides is 3. The molecule has 1 aliphatic rings. The van der Waals surface area contributed by atoms with Crippen LogP contribution in [0.5, 0.6) is 0 Å². The molecule has 1 fully saturated rings. The molecule has 12 heavy (non-hydrogen) atoms. The molecule has 1 saturated carbocycles. The number of hydrogen-bond acceptors (Lipinski definition) is 2. The summed E-state index contributed by atoms with van der Waals surface area (Å²) in [6, 6.07) is -0.380. The summed E-state index contributed by atoms with van der Waals surface area (Å²) in [5.41, 5.74) is 0. The van der Waals surface area contributed by atoms with Gasteiger partial charge in [-0.15, -0.1) is 0 Å². The molecule has 2 N–H and O–H groups in total. The minimum absolute atomic E-state index is 0.0765. The minimum Gasteiger partial charge on any atom is -0.338 e. The van der Waals surface area contributed by atoms with E-state index in [0.717, 1.165) is 19.3 Å². The number of imide groups is 1. The van der Waals surface area contributed by atoms with E-state index in [4.69, 9.17) is 0 Å². The molecule has 0 aliphatic heterocycles. The van der Waals surface area contributed by atoms with Gasteiger partial charge in [0.2, 0.25) is 5.91 Å². The monoisotopic (exact) mass is 170 g/mol.